The summed E-state index contributed by atoms with van der Waals surface area (Å²) in [5, 5.41) is 5.69. The summed E-state index contributed by atoms with van der Waals surface area (Å²) in [6.45, 7) is 5.05. The Labute approximate surface area is 111 Å². The molecule has 0 aliphatic rings. The highest BCUT2D eigenvalue weighted by molar-refractivity contribution is 5.94. The van der Waals surface area contributed by atoms with Crippen molar-refractivity contribution in [3.63, 3.8) is 0 Å². The monoisotopic (exact) mass is 278 g/mol. The van der Waals surface area contributed by atoms with Crippen LogP contribution in [-0.2, 0) is 0 Å². The lowest BCUT2D eigenvalue weighted by Gasteiger charge is -2.13. The van der Waals surface area contributed by atoms with Crippen LogP contribution in [0.1, 0.15) is 24.2 Å². The summed E-state index contributed by atoms with van der Waals surface area (Å²) >= 11 is 0. The van der Waals surface area contributed by atoms with Gasteiger partial charge in [0.1, 0.15) is 11.6 Å². The van der Waals surface area contributed by atoms with Crippen molar-refractivity contribution in [2.24, 2.45) is 0 Å². The summed E-state index contributed by atoms with van der Waals surface area (Å²) in [4.78, 5) is 11.6. The van der Waals surface area contributed by atoms with Crippen molar-refractivity contribution < 1.29 is 13.6 Å². The Morgan fingerprint density at radius 2 is 2.06 bits per heavy atom. The first-order valence-electron chi connectivity index (χ1n) is 5.51. The van der Waals surface area contributed by atoms with Crippen molar-refractivity contribution >= 4 is 18.3 Å². The number of likely N-dealkylation sites (N-methyl/N-ethyl adjacent to an activating group) is 1. The molecular formula is C12H17ClF2N2O. The maximum absolute atomic E-state index is 13.3. The highest BCUT2D eigenvalue weighted by Crippen LogP contribution is 2.09. The van der Waals surface area contributed by atoms with Gasteiger partial charge in [-0.1, -0.05) is 6.92 Å². The number of nitrogens with one attached hydrogen (secondary N) is 2. The molecule has 1 aromatic carbocycles. The van der Waals surface area contributed by atoms with E-state index in [1.54, 1.807) is 0 Å². The number of benzene rings is 1. The number of rotatable bonds is 5. The first-order chi connectivity index (χ1) is 8.04. The van der Waals surface area contributed by atoms with E-state index in [1.807, 2.05) is 13.8 Å². The van der Waals surface area contributed by atoms with Crippen molar-refractivity contribution in [1.82, 2.24) is 10.6 Å². The van der Waals surface area contributed by atoms with Crippen LogP contribution in [0, 0.1) is 11.6 Å². The lowest BCUT2D eigenvalue weighted by Crippen LogP contribution is -2.39. The molecule has 102 valence electrons. The fourth-order valence-electron chi connectivity index (χ4n) is 1.44. The van der Waals surface area contributed by atoms with Crippen molar-refractivity contribution in [2.75, 3.05) is 13.1 Å². The lowest BCUT2D eigenvalue weighted by molar-refractivity contribution is 0.0946. The molecule has 0 heterocycles. The zero-order valence-corrected chi connectivity index (χ0v) is 11.1. The minimum atomic E-state index is -0.849. The molecule has 0 saturated carbocycles. The molecule has 1 amide bonds. The van der Waals surface area contributed by atoms with Crippen LogP contribution >= 0.6 is 12.4 Å². The molecule has 0 aliphatic heterocycles. The Hall–Kier alpha value is -1.20. The number of hydrogen-bond donors (Lipinski definition) is 2. The van der Waals surface area contributed by atoms with Crippen LogP contribution in [0.2, 0.25) is 0 Å². The van der Waals surface area contributed by atoms with Crippen molar-refractivity contribution in [3.05, 3.63) is 35.4 Å². The molecule has 0 bridgehead atoms. The van der Waals surface area contributed by atoms with E-state index in [2.05, 4.69) is 10.6 Å². The minimum absolute atomic E-state index is 0. The smallest absolute Gasteiger partial charge is 0.254 e. The van der Waals surface area contributed by atoms with Gasteiger partial charge in [-0.3, -0.25) is 4.79 Å². The standard InChI is InChI=1S/C12H16F2N2O.ClH/c1-3-15-8(2)7-16-12(17)10-5-4-9(13)6-11(10)14;/h4-6,8,15H,3,7H2,1-2H3,(H,16,17);1H/t8-;/m1./s1. The molecule has 0 spiro atoms. The molecule has 6 heteroatoms. The molecule has 18 heavy (non-hydrogen) atoms. The second-order valence-corrected chi connectivity index (χ2v) is 3.79. The first-order valence-corrected chi connectivity index (χ1v) is 5.51. The third-order valence-corrected chi connectivity index (χ3v) is 2.30. The van der Waals surface area contributed by atoms with Gasteiger partial charge in [0, 0.05) is 18.7 Å². The Balaban J connectivity index is 0.00000289. The molecule has 0 aliphatic carbocycles. The van der Waals surface area contributed by atoms with Crippen LogP contribution in [0.25, 0.3) is 0 Å². The molecule has 2 N–H and O–H groups in total. The van der Waals surface area contributed by atoms with E-state index in [-0.39, 0.29) is 24.0 Å². The minimum Gasteiger partial charge on any atom is -0.350 e. The van der Waals surface area contributed by atoms with Crippen LogP contribution in [0.4, 0.5) is 8.78 Å². The van der Waals surface area contributed by atoms with E-state index in [4.69, 9.17) is 0 Å². The van der Waals surface area contributed by atoms with E-state index in [0.29, 0.717) is 12.6 Å². The molecule has 0 aromatic heterocycles. The van der Waals surface area contributed by atoms with Gasteiger partial charge in [0.05, 0.1) is 5.56 Å². The second kappa shape index (κ2) is 8.00. The summed E-state index contributed by atoms with van der Waals surface area (Å²) in [7, 11) is 0. The average molecular weight is 279 g/mol. The third-order valence-electron chi connectivity index (χ3n) is 2.30. The highest BCUT2D eigenvalue weighted by Gasteiger charge is 2.12. The lowest BCUT2D eigenvalue weighted by atomic mass is 10.2. The molecule has 0 saturated heterocycles. The molecule has 1 aromatic rings. The van der Waals surface area contributed by atoms with Gasteiger partial charge in [0.25, 0.3) is 5.91 Å². The SMILES string of the molecule is CCN[C@H](C)CNC(=O)c1ccc(F)cc1F.Cl. The predicted octanol–water partition coefficient (Wildman–Crippen LogP) is 2.11. The zero-order chi connectivity index (χ0) is 12.8. The highest BCUT2D eigenvalue weighted by atomic mass is 35.5. The number of carbonyl (C=O) groups excluding carboxylic acids is 1. The second-order valence-electron chi connectivity index (χ2n) is 3.79. The fraction of sp³-hybridized carbons (Fsp3) is 0.417. The van der Waals surface area contributed by atoms with Gasteiger partial charge in [0.15, 0.2) is 0 Å². The van der Waals surface area contributed by atoms with Crippen molar-refractivity contribution in [3.8, 4) is 0 Å². The average Bonchev–Trinajstić information content (AvgIpc) is 2.26. The fourth-order valence-corrected chi connectivity index (χ4v) is 1.44. The van der Waals surface area contributed by atoms with E-state index < -0.39 is 17.5 Å². The molecule has 0 radical (unpaired) electrons. The molecule has 0 unspecified atom stereocenters. The van der Waals surface area contributed by atoms with Gasteiger partial charge in [0.2, 0.25) is 0 Å². The van der Waals surface area contributed by atoms with Crippen LogP contribution < -0.4 is 10.6 Å². The van der Waals surface area contributed by atoms with E-state index in [9.17, 15) is 13.6 Å². The summed E-state index contributed by atoms with van der Waals surface area (Å²) in [5.41, 5.74) is -0.143. The summed E-state index contributed by atoms with van der Waals surface area (Å²) in [5.74, 6) is -2.08. The summed E-state index contributed by atoms with van der Waals surface area (Å²) < 4.78 is 25.9. The van der Waals surface area contributed by atoms with Crippen LogP contribution in [-0.4, -0.2) is 25.0 Å². The third kappa shape index (κ3) is 4.98. The summed E-state index contributed by atoms with van der Waals surface area (Å²) in [6.07, 6.45) is 0. The molecule has 0 fully saturated rings. The largest absolute Gasteiger partial charge is 0.350 e. The Morgan fingerprint density at radius 3 is 2.61 bits per heavy atom. The maximum Gasteiger partial charge on any atom is 0.254 e. The van der Waals surface area contributed by atoms with Crippen LogP contribution in [0.5, 0.6) is 0 Å². The first kappa shape index (κ1) is 16.8. The van der Waals surface area contributed by atoms with Crippen LogP contribution in [0.3, 0.4) is 0 Å². The number of amides is 1. The van der Waals surface area contributed by atoms with Gasteiger partial charge < -0.3 is 10.6 Å². The quantitative estimate of drug-likeness (QED) is 0.866. The number of hydrogen-bond acceptors (Lipinski definition) is 2. The van der Waals surface area contributed by atoms with Gasteiger partial charge in [-0.15, -0.1) is 12.4 Å². The van der Waals surface area contributed by atoms with E-state index >= 15 is 0 Å². The zero-order valence-electron chi connectivity index (χ0n) is 10.3. The van der Waals surface area contributed by atoms with E-state index in [1.165, 1.54) is 0 Å². The molecule has 1 rings (SSSR count). The number of carbonyl (C=O) groups is 1. The van der Waals surface area contributed by atoms with Crippen LogP contribution in [0.15, 0.2) is 18.2 Å². The molecule has 1 atom stereocenters. The van der Waals surface area contributed by atoms with Gasteiger partial charge >= 0.3 is 0 Å². The van der Waals surface area contributed by atoms with E-state index in [0.717, 1.165) is 18.7 Å². The Bertz CT molecular complexity index is 402. The molecule has 3 nitrogen and oxygen atoms in total. The molecular weight excluding hydrogens is 262 g/mol. The maximum atomic E-state index is 13.3. The van der Waals surface area contributed by atoms with Gasteiger partial charge in [-0.25, -0.2) is 8.78 Å². The normalized spacial score (nSPS) is 11.6. The Morgan fingerprint density at radius 1 is 1.39 bits per heavy atom. The van der Waals surface area contributed by atoms with Gasteiger partial charge in [-0.2, -0.15) is 0 Å². The summed E-state index contributed by atoms with van der Waals surface area (Å²) in [6, 6.07) is 3.00. The predicted molar refractivity (Wildman–Crippen MR) is 69.1 cm³/mol. The van der Waals surface area contributed by atoms with Gasteiger partial charge in [-0.05, 0) is 25.6 Å². The van der Waals surface area contributed by atoms with Crippen molar-refractivity contribution in [1.29, 1.82) is 0 Å². The van der Waals surface area contributed by atoms with Crippen molar-refractivity contribution in [2.45, 2.75) is 19.9 Å². The topological polar surface area (TPSA) is 41.1 Å². The number of halogens is 3. The Kier molecular flexibility index (Phi) is 7.47.